The summed E-state index contributed by atoms with van der Waals surface area (Å²) in [7, 11) is 0. The molecule has 0 atom stereocenters. The van der Waals surface area contributed by atoms with Crippen LogP contribution in [0.3, 0.4) is 0 Å². The Morgan fingerprint density at radius 2 is 1.50 bits per heavy atom. The number of carbonyl (C=O) groups excluding carboxylic acids is 1. The molecular weight excluding hydrogens is 468 g/mol. The molecule has 0 unspecified atom stereocenters. The molecule has 6 rings (SSSR count). The van der Waals surface area contributed by atoms with Gasteiger partial charge in [-0.05, 0) is 80.4 Å². The average molecular weight is 507 g/mol. The number of nitrogens with zero attached hydrogens (tertiary/aromatic N) is 2. The molecule has 0 radical (unpaired) electrons. The monoisotopic (exact) mass is 506 g/mol. The number of rotatable bonds is 7. The molecule has 0 saturated carbocycles. The molecule has 1 aromatic heterocycles. The van der Waals surface area contributed by atoms with Crippen molar-refractivity contribution >= 4 is 22.5 Å². The van der Waals surface area contributed by atoms with Crippen molar-refractivity contribution in [1.82, 2.24) is 9.88 Å². The van der Waals surface area contributed by atoms with Gasteiger partial charge in [0.2, 0.25) is 5.91 Å². The molecule has 196 valence electrons. The first kappa shape index (κ1) is 24.7. The first-order valence-corrected chi connectivity index (χ1v) is 14.2. The molecule has 2 saturated heterocycles. The number of fused-ring (bicyclic) bond motifs is 1. The summed E-state index contributed by atoms with van der Waals surface area (Å²) in [5.74, 6) is 0.836. The molecule has 2 aliphatic heterocycles. The Morgan fingerprint density at radius 3 is 2.16 bits per heavy atom. The summed E-state index contributed by atoms with van der Waals surface area (Å²) in [6.07, 6.45) is 5.82. The number of nitrogens with one attached hydrogen (secondary N) is 1. The Hall–Kier alpha value is -3.57. The van der Waals surface area contributed by atoms with Crippen molar-refractivity contribution in [2.45, 2.75) is 44.6 Å². The van der Waals surface area contributed by atoms with Crippen LogP contribution in [0.1, 0.15) is 58.8 Å². The summed E-state index contributed by atoms with van der Waals surface area (Å²) in [5, 5.41) is 4.81. The maximum Gasteiger partial charge on any atom is 0.248 e. The fourth-order valence-corrected chi connectivity index (χ4v) is 6.59. The highest BCUT2D eigenvalue weighted by atomic mass is 16.1. The van der Waals surface area contributed by atoms with Crippen molar-refractivity contribution in [3.05, 3.63) is 101 Å². The van der Waals surface area contributed by atoms with Crippen LogP contribution in [0.15, 0.2) is 78.9 Å². The van der Waals surface area contributed by atoms with E-state index in [0.717, 1.165) is 63.4 Å². The van der Waals surface area contributed by atoms with Gasteiger partial charge in [-0.3, -0.25) is 4.79 Å². The van der Waals surface area contributed by atoms with Crippen LogP contribution in [-0.4, -0.2) is 36.7 Å². The quantitative estimate of drug-likeness (QED) is 0.337. The summed E-state index contributed by atoms with van der Waals surface area (Å²) >= 11 is 0. The molecular formula is C33H38N4O. The summed E-state index contributed by atoms with van der Waals surface area (Å²) in [6, 6.07) is 27.7. The largest absolute Gasteiger partial charge is 0.370 e. The highest BCUT2D eigenvalue weighted by Crippen LogP contribution is 2.43. The van der Waals surface area contributed by atoms with Gasteiger partial charge < -0.3 is 20.5 Å². The van der Waals surface area contributed by atoms with Gasteiger partial charge in [-0.2, -0.15) is 0 Å². The molecule has 38 heavy (non-hydrogen) atoms. The van der Waals surface area contributed by atoms with Crippen molar-refractivity contribution in [2.24, 2.45) is 11.7 Å². The molecule has 0 aliphatic carbocycles. The van der Waals surface area contributed by atoms with Crippen LogP contribution in [0.5, 0.6) is 0 Å². The molecule has 3 N–H and O–H groups in total. The van der Waals surface area contributed by atoms with Gasteiger partial charge >= 0.3 is 0 Å². The Morgan fingerprint density at radius 1 is 0.842 bits per heavy atom. The van der Waals surface area contributed by atoms with E-state index in [1.807, 2.05) is 12.1 Å². The summed E-state index contributed by atoms with van der Waals surface area (Å²) in [4.78, 5) is 14.8. The predicted molar refractivity (Wildman–Crippen MR) is 156 cm³/mol. The summed E-state index contributed by atoms with van der Waals surface area (Å²) in [5.41, 5.74) is 13.0. The maximum atomic E-state index is 12.2. The lowest BCUT2D eigenvalue weighted by molar-refractivity contribution is 0.100. The number of piperidine rings is 2. The zero-order chi connectivity index (χ0) is 25.9. The number of carbonyl (C=O) groups is 1. The molecule has 2 fully saturated rings. The summed E-state index contributed by atoms with van der Waals surface area (Å²) in [6.45, 7) is 5.02. The molecule has 0 bridgehead atoms. The second-order valence-corrected chi connectivity index (χ2v) is 11.0. The van der Waals surface area contributed by atoms with E-state index >= 15 is 0 Å². The van der Waals surface area contributed by atoms with Gasteiger partial charge in [-0.25, -0.2) is 0 Å². The minimum Gasteiger partial charge on any atom is -0.370 e. The minimum atomic E-state index is -0.369. The highest BCUT2D eigenvalue weighted by Gasteiger charge is 2.31. The standard InChI is InChI=1S/C33H38N4O/c34-33(38)28-11-12-29-30(22-28)37(23-26-9-5-2-6-10-26)31(27-13-17-35-18-14-27)32(29)36-19-15-25(16-20-36)21-24-7-3-1-4-8-24/h1-12,22,25,27,35H,13-21,23H2,(H2,34,38). The summed E-state index contributed by atoms with van der Waals surface area (Å²) < 4.78 is 2.50. The van der Waals surface area contributed by atoms with Gasteiger partial charge in [0.15, 0.2) is 0 Å². The average Bonchev–Trinajstić information content (AvgIpc) is 3.28. The van der Waals surface area contributed by atoms with E-state index in [0.29, 0.717) is 11.5 Å². The Labute approximate surface area is 225 Å². The van der Waals surface area contributed by atoms with Gasteiger partial charge in [-0.1, -0.05) is 60.7 Å². The third kappa shape index (κ3) is 5.08. The van der Waals surface area contributed by atoms with E-state index in [4.69, 9.17) is 5.73 Å². The predicted octanol–water partition coefficient (Wildman–Crippen LogP) is 5.71. The SMILES string of the molecule is NC(=O)c1ccc2c(N3CCC(Cc4ccccc4)CC3)c(C3CCNCC3)n(Cc3ccccc3)c2c1. The van der Waals surface area contributed by atoms with Crippen molar-refractivity contribution in [2.75, 3.05) is 31.1 Å². The number of amides is 1. The second kappa shape index (κ2) is 11.0. The molecule has 5 heteroatoms. The number of benzene rings is 3. The molecule has 4 aromatic rings. The van der Waals surface area contributed by atoms with E-state index in [1.165, 1.54) is 40.7 Å². The van der Waals surface area contributed by atoms with Gasteiger partial charge in [0.25, 0.3) is 0 Å². The van der Waals surface area contributed by atoms with Crippen LogP contribution in [0.2, 0.25) is 0 Å². The lowest BCUT2D eigenvalue weighted by Crippen LogP contribution is -2.36. The number of anilines is 1. The third-order valence-corrected chi connectivity index (χ3v) is 8.57. The van der Waals surface area contributed by atoms with Crippen LogP contribution < -0.4 is 16.0 Å². The van der Waals surface area contributed by atoms with E-state index in [9.17, 15) is 4.79 Å². The van der Waals surface area contributed by atoms with Crippen LogP contribution in [0.4, 0.5) is 5.69 Å². The molecule has 3 heterocycles. The smallest absolute Gasteiger partial charge is 0.248 e. The zero-order valence-electron chi connectivity index (χ0n) is 22.1. The van der Waals surface area contributed by atoms with Crippen molar-refractivity contribution in [3.63, 3.8) is 0 Å². The zero-order valence-corrected chi connectivity index (χ0v) is 22.1. The Bertz CT molecular complexity index is 1380. The topological polar surface area (TPSA) is 63.3 Å². The molecule has 3 aromatic carbocycles. The number of hydrogen-bond acceptors (Lipinski definition) is 3. The van der Waals surface area contributed by atoms with Crippen molar-refractivity contribution in [1.29, 1.82) is 0 Å². The molecule has 5 nitrogen and oxygen atoms in total. The van der Waals surface area contributed by atoms with Crippen LogP contribution in [-0.2, 0) is 13.0 Å². The van der Waals surface area contributed by atoms with Crippen molar-refractivity contribution < 1.29 is 4.79 Å². The lowest BCUT2D eigenvalue weighted by atomic mass is 9.88. The molecule has 0 spiro atoms. The first-order chi connectivity index (χ1) is 18.7. The Balaban J connectivity index is 1.41. The fourth-order valence-electron chi connectivity index (χ4n) is 6.59. The van der Waals surface area contributed by atoms with Gasteiger partial charge in [0.05, 0.1) is 11.2 Å². The van der Waals surface area contributed by atoms with E-state index in [2.05, 4.69) is 81.5 Å². The first-order valence-electron chi connectivity index (χ1n) is 14.2. The van der Waals surface area contributed by atoms with Crippen LogP contribution in [0.25, 0.3) is 10.9 Å². The number of primary amides is 1. The van der Waals surface area contributed by atoms with Crippen LogP contribution >= 0.6 is 0 Å². The fraction of sp³-hybridized carbons (Fsp3) is 0.364. The Kier molecular flexibility index (Phi) is 7.19. The number of hydrogen-bond donors (Lipinski definition) is 2. The number of nitrogens with two attached hydrogens (primary N) is 1. The highest BCUT2D eigenvalue weighted by molar-refractivity contribution is 6.02. The molecule has 1 amide bonds. The maximum absolute atomic E-state index is 12.2. The van der Waals surface area contributed by atoms with Crippen molar-refractivity contribution in [3.8, 4) is 0 Å². The third-order valence-electron chi connectivity index (χ3n) is 8.57. The van der Waals surface area contributed by atoms with Gasteiger partial charge in [0.1, 0.15) is 0 Å². The lowest BCUT2D eigenvalue weighted by Gasteiger charge is -2.36. The number of aromatic nitrogens is 1. The second-order valence-electron chi connectivity index (χ2n) is 11.0. The van der Waals surface area contributed by atoms with Gasteiger partial charge in [-0.15, -0.1) is 0 Å². The minimum absolute atomic E-state index is 0.369. The van der Waals surface area contributed by atoms with E-state index < -0.39 is 0 Å². The molecule has 2 aliphatic rings. The van der Waals surface area contributed by atoms with Crippen LogP contribution in [0, 0.1) is 5.92 Å². The van der Waals surface area contributed by atoms with E-state index in [-0.39, 0.29) is 5.91 Å². The van der Waals surface area contributed by atoms with Gasteiger partial charge in [0, 0.05) is 42.2 Å². The van der Waals surface area contributed by atoms with E-state index in [1.54, 1.807) is 0 Å². The normalized spacial score (nSPS) is 17.2.